The van der Waals surface area contributed by atoms with Crippen LogP contribution in [-0.4, -0.2) is 52.0 Å². The van der Waals surface area contributed by atoms with Crippen molar-refractivity contribution in [3.05, 3.63) is 24.3 Å². The van der Waals surface area contributed by atoms with Crippen molar-refractivity contribution >= 4 is 29.0 Å². The second-order valence-electron chi connectivity index (χ2n) is 8.67. The van der Waals surface area contributed by atoms with Crippen molar-refractivity contribution in [1.82, 2.24) is 9.88 Å². The molecule has 29 heavy (non-hydrogen) atoms. The van der Waals surface area contributed by atoms with E-state index >= 15 is 0 Å². The molecule has 3 fully saturated rings. The van der Waals surface area contributed by atoms with E-state index in [1.807, 2.05) is 24.3 Å². The van der Waals surface area contributed by atoms with Crippen LogP contribution in [-0.2, 0) is 9.59 Å². The summed E-state index contributed by atoms with van der Waals surface area (Å²) in [6.45, 7) is 1.39. The number of oxazole rings is 1. The Bertz CT molecular complexity index is 885. The fraction of sp³-hybridized carbons (Fsp3) is 0.591. The first-order valence-corrected chi connectivity index (χ1v) is 10.8. The maximum absolute atomic E-state index is 13.4. The van der Waals surface area contributed by atoms with Gasteiger partial charge in [0.05, 0.1) is 0 Å². The van der Waals surface area contributed by atoms with E-state index < -0.39 is 12.0 Å². The first-order valence-electron chi connectivity index (χ1n) is 10.8. The molecule has 2 saturated heterocycles. The van der Waals surface area contributed by atoms with Gasteiger partial charge in [0, 0.05) is 25.0 Å². The topological polar surface area (TPSA) is 86.9 Å². The van der Waals surface area contributed by atoms with Gasteiger partial charge < -0.3 is 19.3 Å². The normalized spacial score (nSPS) is 27.9. The molecule has 2 aromatic rings. The number of carboxylic acid groups (broad SMARTS) is 1. The predicted octanol–water partition coefficient (Wildman–Crippen LogP) is 3.29. The summed E-state index contributed by atoms with van der Waals surface area (Å²) in [4.78, 5) is 33.6. The first-order chi connectivity index (χ1) is 14.1. The molecule has 1 amide bonds. The molecule has 1 aromatic heterocycles. The van der Waals surface area contributed by atoms with Crippen molar-refractivity contribution in [3.63, 3.8) is 0 Å². The van der Waals surface area contributed by atoms with Gasteiger partial charge >= 0.3 is 5.97 Å². The van der Waals surface area contributed by atoms with E-state index in [2.05, 4.69) is 9.88 Å². The second-order valence-corrected chi connectivity index (χ2v) is 8.67. The third-order valence-electron chi connectivity index (χ3n) is 7.02. The lowest BCUT2D eigenvalue weighted by molar-refractivity contribution is -0.152. The highest BCUT2D eigenvalue weighted by molar-refractivity contribution is 5.86. The highest BCUT2D eigenvalue weighted by Gasteiger charge is 2.49. The van der Waals surface area contributed by atoms with Crippen molar-refractivity contribution in [2.75, 3.05) is 18.0 Å². The largest absolute Gasteiger partial charge is 0.480 e. The Balaban J connectivity index is 1.28. The van der Waals surface area contributed by atoms with Crippen molar-refractivity contribution in [2.45, 2.75) is 57.0 Å². The van der Waals surface area contributed by atoms with Crippen LogP contribution in [0.5, 0.6) is 0 Å². The highest BCUT2D eigenvalue weighted by Crippen LogP contribution is 2.41. The summed E-state index contributed by atoms with van der Waals surface area (Å²) in [5, 5.41) is 9.71. The van der Waals surface area contributed by atoms with Crippen LogP contribution in [0.2, 0.25) is 0 Å². The molecule has 1 aliphatic carbocycles. The van der Waals surface area contributed by atoms with Gasteiger partial charge in [-0.25, -0.2) is 4.79 Å². The molecule has 1 saturated carbocycles. The average molecular weight is 397 g/mol. The van der Waals surface area contributed by atoms with Gasteiger partial charge in [-0.05, 0) is 50.2 Å². The first kappa shape index (κ1) is 18.5. The number of para-hydroxylation sites is 2. The van der Waals surface area contributed by atoms with Crippen molar-refractivity contribution in [1.29, 1.82) is 0 Å². The molecule has 7 heteroatoms. The van der Waals surface area contributed by atoms with Gasteiger partial charge in [-0.1, -0.05) is 25.0 Å². The Morgan fingerprint density at radius 3 is 2.59 bits per heavy atom. The molecule has 1 aromatic carbocycles. The predicted molar refractivity (Wildman–Crippen MR) is 108 cm³/mol. The number of fused-ring (bicyclic) bond motifs is 2. The number of nitrogens with zero attached hydrogens (tertiary/aromatic N) is 3. The Morgan fingerprint density at radius 2 is 1.83 bits per heavy atom. The number of anilines is 1. The summed E-state index contributed by atoms with van der Waals surface area (Å²) in [6, 6.07) is 7.77. The van der Waals surface area contributed by atoms with E-state index in [-0.39, 0.29) is 17.9 Å². The van der Waals surface area contributed by atoms with Gasteiger partial charge in [0.15, 0.2) is 5.58 Å². The Labute approximate surface area is 169 Å². The van der Waals surface area contributed by atoms with Gasteiger partial charge in [-0.15, -0.1) is 0 Å². The number of aromatic nitrogens is 1. The van der Waals surface area contributed by atoms with Crippen LogP contribution in [0.4, 0.5) is 6.01 Å². The van der Waals surface area contributed by atoms with E-state index in [1.165, 1.54) is 0 Å². The van der Waals surface area contributed by atoms with Gasteiger partial charge in [0.1, 0.15) is 11.6 Å². The summed E-state index contributed by atoms with van der Waals surface area (Å²) < 4.78 is 5.86. The minimum atomic E-state index is -0.850. The van der Waals surface area contributed by atoms with Crippen LogP contribution in [0, 0.1) is 11.8 Å². The summed E-state index contributed by atoms with van der Waals surface area (Å²) in [5.74, 6) is -0.563. The summed E-state index contributed by atoms with van der Waals surface area (Å²) >= 11 is 0. The molecule has 3 aliphatic rings. The maximum atomic E-state index is 13.4. The number of carboxylic acids is 1. The maximum Gasteiger partial charge on any atom is 0.326 e. The SMILES string of the molecule is O=C(O)C1CC2CCCCC2N1C(=O)C1CCN(c2nc3ccccc3o2)CC1. The van der Waals surface area contributed by atoms with Crippen molar-refractivity contribution in [3.8, 4) is 0 Å². The fourth-order valence-electron chi connectivity index (χ4n) is 5.52. The van der Waals surface area contributed by atoms with Gasteiger partial charge in [-0.3, -0.25) is 4.79 Å². The standard InChI is InChI=1S/C22H27N3O4/c26-20(25-17-7-3-1-5-15(17)13-18(25)21(27)28)14-9-11-24(12-10-14)22-23-16-6-2-4-8-19(16)29-22/h2,4,6,8,14-15,17-18H,1,3,5,7,9-13H2,(H,27,28). The van der Waals surface area contributed by atoms with Crippen LogP contribution in [0.1, 0.15) is 44.9 Å². The average Bonchev–Trinajstić information content (AvgIpc) is 3.35. The molecule has 0 spiro atoms. The number of hydrogen-bond acceptors (Lipinski definition) is 5. The minimum absolute atomic E-state index is 0.0454. The van der Waals surface area contributed by atoms with E-state index in [0.717, 1.165) is 36.8 Å². The number of aliphatic carboxylic acids is 1. The number of hydrogen-bond donors (Lipinski definition) is 1. The van der Waals surface area contributed by atoms with Crippen LogP contribution in [0.25, 0.3) is 11.1 Å². The van der Waals surface area contributed by atoms with Crippen LogP contribution < -0.4 is 4.90 Å². The second kappa shape index (κ2) is 7.35. The zero-order chi connectivity index (χ0) is 20.0. The summed E-state index contributed by atoms with van der Waals surface area (Å²) in [5.41, 5.74) is 1.61. The Hall–Kier alpha value is -2.57. The molecule has 2 aliphatic heterocycles. The Morgan fingerprint density at radius 1 is 1.07 bits per heavy atom. The molecule has 7 nitrogen and oxygen atoms in total. The quantitative estimate of drug-likeness (QED) is 0.855. The Kier molecular flexibility index (Phi) is 4.68. The van der Waals surface area contributed by atoms with Gasteiger partial charge in [-0.2, -0.15) is 4.98 Å². The molecule has 0 radical (unpaired) electrons. The molecule has 3 unspecified atom stereocenters. The number of amides is 1. The number of carbonyl (C=O) groups is 2. The molecule has 3 heterocycles. The number of carbonyl (C=O) groups excluding carboxylic acids is 1. The number of likely N-dealkylation sites (tertiary alicyclic amines) is 1. The van der Waals surface area contributed by atoms with Crippen molar-refractivity contribution in [2.24, 2.45) is 11.8 Å². The number of rotatable bonds is 3. The highest BCUT2D eigenvalue weighted by atomic mass is 16.4. The monoisotopic (exact) mass is 397 g/mol. The lowest BCUT2D eigenvalue weighted by Gasteiger charge is -2.37. The molecule has 5 rings (SSSR count). The van der Waals surface area contributed by atoms with E-state index in [9.17, 15) is 14.7 Å². The summed E-state index contributed by atoms with van der Waals surface area (Å²) in [7, 11) is 0. The van der Waals surface area contributed by atoms with Crippen molar-refractivity contribution < 1.29 is 19.1 Å². The lowest BCUT2D eigenvalue weighted by Crippen LogP contribution is -2.50. The third kappa shape index (κ3) is 3.26. The zero-order valence-corrected chi connectivity index (χ0v) is 16.5. The fourth-order valence-corrected chi connectivity index (χ4v) is 5.52. The van der Waals surface area contributed by atoms with Crippen LogP contribution >= 0.6 is 0 Å². The number of piperidine rings is 1. The number of benzene rings is 1. The van der Waals surface area contributed by atoms with E-state index in [4.69, 9.17) is 4.42 Å². The smallest absolute Gasteiger partial charge is 0.326 e. The minimum Gasteiger partial charge on any atom is -0.480 e. The molecule has 3 atom stereocenters. The van der Waals surface area contributed by atoms with Gasteiger partial charge in [0.25, 0.3) is 6.01 Å². The zero-order valence-electron chi connectivity index (χ0n) is 16.5. The molecular weight excluding hydrogens is 370 g/mol. The van der Waals surface area contributed by atoms with E-state index in [0.29, 0.717) is 44.3 Å². The lowest BCUT2D eigenvalue weighted by atomic mass is 9.84. The van der Waals surface area contributed by atoms with E-state index in [1.54, 1.807) is 4.90 Å². The molecule has 1 N–H and O–H groups in total. The summed E-state index contributed by atoms with van der Waals surface area (Å²) in [6.07, 6.45) is 6.27. The molecule has 154 valence electrons. The van der Waals surface area contributed by atoms with Gasteiger partial charge in [0.2, 0.25) is 5.91 Å². The molecular formula is C22H27N3O4. The van der Waals surface area contributed by atoms with Crippen LogP contribution in [0.3, 0.4) is 0 Å². The molecule has 0 bridgehead atoms. The van der Waals surface area contributed by atoms with Crippen LogP contribution in [0.15, 0.2) is 28.7 Å². The third-order valence-corrected chi connectivity index (χ3v) is 7.02.